The molecule has 0 heterocycles. The Morgan fingerprint density at radius 3 is 2.38 bits per heavy atom. The van der Waals surface area contributed by atoms with Gasteiger partial charge in [0.15, 0.2) is 0 Å². The van der Waals surface area contributed by atoms with Crippen LogP contribution in [0.5, 0.6) is 11.5 Å². The predicted octanol–water partition coefficient (Wildman–Crippen LogP) is 3.26. The van der Waals surface area contributed by atoms with E-state index >= 15 is 0 Å². The predicted molar refractivity (Wildman–Crippen MR) is 64.6 cm³/mol. The quantitative estimate of drug-likeness (QED) is 0.796. The number of hydrogen-bond acceptors (Lipinski definition) is 2. The molecule has 0 amide bonds. The number of rotatable bonds is 2. The summed E-state index contributed by atoms with van der Waals surface area (Å²) in [7, 11) is 0. The molecule has 84 valence electrons. The van der Waals surface area contributed by atoms with Crippen LogP contribution in [0.4, 0.5) is 0 Å². The zero-order valence-electron chi connectivity index (χ0n) is 9.35. The fourth-order valence-electron chi connectivity index (χ4n) is 2.33. The van der Waals surface area contributed by atoms with Crippen LogP contribution in [0.1, 0.15) is 25.3 Å². The maximum Gasteiger partial charge on any atom is 0.123 e. The molecule has 0 saturated carbocycles. The maximum atomic E-state index is 9.92. The summed E-state index contributed by atoms with van der Waals surface area (Å²) < 4.78 is 0. The third-order valence-electron chi connectivity index (χ3n) is 3.29. The highest BCUT2D eigenvalue weighted by Crippen LogP contribution is 2.44. The zero-order chi connectivity index (χ0) is 11.6. The van der Waals surface area contributed by atoms with E-state index in [2.05, 4.69) is 19.1 Å². The van der Waals surface area contributed by atoms with Gasteiger partial charge in [-0.25, -0.2) is 0 Å². The molecule has 1 aliphatic rings. The van der Waals surface area contributed by atoms with Gasteiger partial charge in [0.05, 0.1) is 0 Å². The van der Waals surface area contributed by atoms with Crippen LogP contribution in [-0.2, 0) is 5.41 Å². The molecule has 1 aromatic carbocycles. The summed E-state index contributed by atoms with van der Waals surface area (Å²) in [6.45, 7) is 2.06. The SMILES string of the molecule is CCC1(c2c(O)cccc2O)C=CC=CC1. The first-order valence-corrected chi connectivity index (χ1v) is 5.55. The maximum absolute atomic E-state index is 9.92. The summed E-state index contributed by atoms with van der Waals surface area (Å²) in [6.07, 6.45) is 9.74. The molecule has 0 fully saturated rings. The Morgan fingerprint density at radius 2 is 1.88 bits per heavy atom. The van der Waals surface area contributed by atoms with Gasteiger partial charge in [0.2, 0.25) is 0 Å². The summed E-state index contributed by atoms with van der Waals surface area (Å²) in [5.74, 6) is 0.337. The molecule has 0 aromatic heterocycles. The standard InChI is InChI=1S/C14H16O2/c1-2-14(9-4-3-5-10-14)13-11(15)7-6-8-12(13)16/h3-9,15-16H,2,10H2,1H3. The molecule has 0 saturated heterocycles. The van der Waals surface area contributed by atoms with Gasteiger partial charge in [-0.15, -0.1) is 0 Å². The smallest absolute Gasteiger partial charge is 0.123 e. The van der Waals surface area contributed by atoms with Gasteiger partial charge in [0, 0.05) is 11.0 Å². The molecule has 0 radical (unpaired) electrons. The van der Waals surface area contributed by atoms with Crippen molar-refractivity contribution in [1.82, 2.24) is 0 Å². The molecule has 0 aliphatic heterocycles. The summed E-state index contributed by atoms with van der Waals surface area (Å²) in [4.78, 5) is 0. The average molecular weight is 216 g/mol. The van der Waals surface area contributed by atoms with Crippen LogP contribution >= 0.6 is 0 Å². The van der Waals surface area contributed by atoms with Gasteiger partial charge >= 0.3 is 0 Å². The van der Waals surface area contributed by atoms with Crippen molar-refractivity contribution < 1.29 is 10.2 Å². The highest BCUT2D eigenvalue weighted by atomic mass is 16.3. The van der Waals surface area contributed by atoms with Crippen LogP contribution in [0.3, 0.4) is 0 Å². The average Bonchev–Trinajstić information content (AvgIpc) is 2.30. The van der Waals surface area contributed by atoms with Gasteiger partial charge in [-0.2, -0.15) is 0 Å². The molecule has 1 atom stereocenters. The number of allylic oxidation sites excluding steroid dienone is 4. The van der Waals surface area contributed by atoms with Gasteiger partial charge in [-0.1, -0.05) is 37.3 Å². The van der Waals surface area contributed by atoms with Gasteiger partial charge in [-0.3, -0.25) is 0 Å². The molecule has 2 nitrogen and oxygen atoms in total. The minimum absolute atomic E-state index is 0.168. The molecule has 2 rings (SSSR count). The van der Waals surface area contributed by atoms with E-state index in [0.717, 1.165) is 12.8 Å². The minimum atomic E-state index is -0.274. The number of phenols is 2. The Bertz CT molecular complexity index is 426. The fourth-order valence-corrected chi connectivity index (χ4v) is 2.33. The van der Waals surface area contributed by atoms with Crippen molar-refractivity contribution in [3.05, 3.63) is 48.1 Å². The van der Waals surface area contributed by atoms with E-state index in [-0.39, 0.29) is 16.9 Å². The second-order valence-electron chi connectivity index (χ2n) is 4.17. The fraction of sp³-hybridized carbons (Fsp3) is 0.286. The first-order chi connectivity index (χ1) is 7.69. The Hall–Kier alpha value is -1.70. The lowest BCUT2D eigenvalue weighted by molar-refractivity contribution is 0.398. The highest BCUT2D eigenvalue weighted by molar-refractivity contribution is 5.52. The lowest BCUT2D eigenvalue weighted by Gasteiger charge is -2.31. The molecular weight excluding hydrogens is 200 g/mol. The lowest BCUT2D eigenvalue weighted by atomic mass is 9.72. The summed E-state index contributed by atoms with van der Waals surface area (Å²) in [5.41, 5.74) is 0.363. The molecule has 2 heteroatoms. The van der Waals surface area contributed by atoms with Crippen LogP contribution in [0, 0.1) is 0 Å². The number of hydrogen-bond donors (Lipinski definition) is 2. The van der Waals surface area contributed by atoms with Crippen molar-refractivity contribution in [3.8, 4) is 11.5 Å². The van der Waals surface area contributed by atoms with E-state index in [9.17, 15) is 10.2 Å². The van der Waals surface area contributed by atoms with Crippen molar-refractivity contribution in [3.63, 3.8) is 0 Å². The second kappa shape index (κ2) is 4.05. The van der Waals surface area contributed by atoms with E-state index in [1.54, 1.807) is 18.2 Å². The van der Waals surface area contributed by atoms with E-state index in [4.69, 9.17) is 0 Å². The first-order valence-electron chi connectivity index (χ1n) is 5.55. The van der Waals surface area contributed by atoms with Crippen LogP contribution in [-0.4, -0.2) is 10.2 Å². The van der Waals surface area contributed by atoms with Gasteiger partial charge in [0.25, 0.3) is 0 Å². The third-order valence-corrected chi connectivity index (χ3v) is 3.29. The Balaban J connectivity index is 2.57. The second-order valence-corrected chi connectivity index (χ2v) is 4.17. The molecule has 1 aromatic rings. The Morgan fingerprint density at radius 1 is 1.19 bits per heavy atom. The number of aromatic hydroxyl groups is 2. The van der Waals surface area contributed by atoms with Crippen molar-refractivity contribution in [2.75, 3.05) is 0 Å². The number of benzene rings is 1. The molecule has 0 spiro atoms. The molecular formula is C14H16O2. The van der Waals surface area contributed by atoms with Crippen molar-refractivity contribution in [1.29, 1.82) is 0 Å². The summed E-state index contributed by atoms with van der Waals surface area (Å²) in [6, 6.07) is 4.90. The van der Waals surface area contributed by atoms with Gasteiger partial charge in [-0.05, 0) is 25.0 Å². The van der Waals surface area contributed by atoms with Gasteiger partial charge < -0.3 is 10.2 Å². The summed E-state index contributed by atoms with van der Waals surface area (Å²) >= 11 is 0. The lowest BCUT2D eigenvalue weighted by Crippen LogP contribution is -2.23. The Labute approximate surface area is 95.6 Å². The molecule has 1 aliphatic carbocycles. The van der Waals surface area contributed by atoms with Gasteiger partial charge in [0.1, 0.15) is 11.5 Å². The van der Waals surface area contributed by atoms with Crippen LogP contribution in [0.25, 0.3) is 0 Å². The first kappa shape index (κ1) is 10.8. The normalized spacial score (nSPS) is 23.6. The van der Waals surface area contributed by atoms with E-state index < -0.39 is 0 Å². The van der Waals surface area contributed by atoms with Crippen LogP contribution in [0.2, 0.25) is 0 Å². The highest BCUT2D eigenvalue weighted by Gasteiger charge is 2.32. The third kappa shape index (κ3) is 1.60. The van der Waals surface area contributed by atoms with Crippen molar-refractivity contribution >= 4 is 0 Å². The topological polar surface area (TPSA) is 40.5 Å². The van der Waals surface area contributed by atoms with Crippen LogP contribution < -0.4 is 0 Å². The van der Waals surface area contributed by atoms with Crippen molar-refractivity contribution in [2.24, 2.45) is 0 Å². The molecule has 16 heavy (non-hydrogen) atoms. The van der Waals surface area contributed by atoms with E-state index in [1.807, 2.05) is 12.2 Å². The summed E-state index contributed by atoms with van der Waals surface area (Å²) in [5, 5.41) is 19.8. The van der Waals surface area contributed by atoms with E-state index in [0.29, 0.717) is 5.56 Å². The Kier molecular flexibility index (Phi) is 2.73. The number of phenolic OH excluding ortho intramolecular Hbond substituents is 2. The monoisotopic (exact) mass is 216 g/mol. The van der Waals surface area contributed by atoms with E-state index in [1.165, 1.54) is 0 Å². The van der Waals surface area contributed by atoms with Crippen molar-refractivity contribution in [2.45, 2.75) is 25.2 Å². The molecule has 2 N–H and O–H groups in total. The molecule has 0 bridgehead atoms. The van der Waals surface area contributed by atoms with Crippen LogP contribution in [0.15, 0.2) is 42.5 Å². The zero-order valence-corrected chi connectivity index (χ0v) is 9.35. The molecule has 1 unspecified atom stereocenters. The minimum Gasteiger partial charge on any atom is -0.507 e. The largest absolute Gasteiger partial charge is 0.507 e.